The SMILES string of the molecule is C[C@H](NC(=S)NCC[NH+]1CCOCC1)c1ccc(F)cc1. The Labute approximate surface area is 130 Å². The van der Waals surface area contributed by atoms with Crippen LogP contribution < -0.4 is 15.5 Å². The zero-order valence-corrected chi connectivity index (χ0v) is 13.1. The van der Waals surface area contributed by atoms with Gasteiger partial charge in [0.25, 0.3) is 0 Å². The molecular formula is C15H23FN3OS+. The van der Waals surface area contributed by atoms with Crippen molar-refractivity contribution in [3.05, 3.63) is 35.6 Å². The second-order valence-electron chi connectivity index (χ2n) is 5.29. The Hall–Kier alpha value is -1.24. The fourth-order valence-electron chi connectivity index (χ4n) is 2.35. The molecule has 0 amide bonds. The third kappa shape index (κ3) is 5.57. The van der Waals surface area contributed by atoms with E-state index in [2.05, 4.69) is 10.6 Å². The van der Waals surface area contributed by atoms with E-state index in [-0.39, 0.29) is 11.9 Å². The van der Waals surface area contributed by atoms with Crippen LogP contribution in [0.25, 0.3) is 0 Å². The molecule has 0 saturated carbocycles. The monoisotopic (exact) mass is 312 g/mol. The van der Waals surface area contributed by atoms with Gasteiger partial charge in [-0.3, -0.25) is 0 Å². The summed E-state index contributed by atoms with van der Waals surface area (Å²) in [7, 11) is 0. The van der Waals surface area contributed by atoms with E-state index in [0.29, 0.717) is 5.11 Å². The van der Waals surface area contributed by atoms with Gasteiger partial charge >= 0.3 is 0 Å². The lowest BCUT2D eigenvalue weighted by Gasteiger charge is -2.24. The minimum atomic E-state index is -0.222. The van der Waals surface area contributed by atoms with Crippen molar-refractivity contribution in [2.75, 3.05) is 39.4 Å². The molecule has 1 aromatic rings. The van der Waals surface area contributed by atoms with Gasteiger partial charge in [0.2, 0.25) is 0 Å². The molecule has 1 saturated heterocycles. The van der Waals surface area contributed by atoms with E-state index >= 15 is 0 Å². The second kappa shape index (κ2) is 8.26. The van der Waals surface area contributed by atoms with Gasteiger partial charge in [-0.1, -0.05) is 12.1 Å². The highest BCUT2D eigenvalue weighted by Gasteiger charge is 2.13. The van der Waals surface area contributed by atoms with Crippen LogP contribution in [-0.2, 0) is 4.74 Å². The first-order chi connectivity index (χ1) is 10.1. The molecule has 2 rings (SSSR count). The van der Waals surface area contributed by atoms with Crippen molar-refractivity contribution in [3.8, 4) is 0 Å². The zero-order chi connectivity index (χ0) is 15.1. The Morgan fingerprint density at radius 3 is 2.67 bits per heavy atom. The average Bonchev–Trinajstić information content (AvgIpc) is 2.49. The minimum Gasteiger partial charge on any atom is -0.370 e. The van der Waals surface area contributed by atoms with E-state index < -0.39 is 0 Å². The number of halogens is 1. The van der Waals surface area contributed by atoms with Crippen LogP contribution in [0.5, 0.6) is 0 Å². The topological polar surface area (TPSA) is 37.7 Å². The minimum absolute atomic E-state index is 0.0568. The predicted molar refractivity (Wildman–Crippen MR) is 84.9 cm³/mol. The summed E-state index contributed by atoms with van der Waals surface area (Å²) in [5, 5.41) is 7.08. The lowest BCUT2D eigenvalue weighted by Crippen LogP contribution is -3.14. The van der Waals surface area contributed by atoms with Gasteiger partial charge in [0.1, 0.15) is 18.9 Å². The fourth-order valence-corrected chi connectivity index (χ4v) is 2.62. The van der Waals surface area contributed by atoms with Gasteiger partial charge in [-0.25, -0.2) is 4.39 Å². The highest BCUT2D eigenvalue weighted by Crippen LogP contribution is 2.12. The number of morpholine rings is 1. The molecule has 6 heteroatoms. The van der Waals surface area contributed by atoms with Gasteiger partial charge in [0, 0.05) is 0 Å². The van der Waals surface area contributed by atoms with Crippen LogP contribution in [0.15, 0.2) is 24.3 Å². The molecule has 0 radical (unpaired) electrons. The number of benzene rings is 1. The van der Waals surface area contributed by atoms with Gasteiger partial charge in [-0.15, -0.1) is 0 Å². The van der Waals surface area contributed by atoms with Gasteiger partial charge in [-0.05, 0) is 36.8 Å². The largest absolute Gasteiger partial charge is 0.370 e. The van der Waals surface area contributed by atoms with Crippen LogP contribution >= 0.6 is 12.2 Å². The van der Waals surface area contributed by atoms with Crippen molar-refractivity contribution < 1.29 is 14.0 Å². The number of ether oxygens (including phenoxy) is 1. The Morgan fingerprint density at radius 2 is 2.00 bits per heavy atom. The van der Waals surface area contributed by atoms with Crippen molar-refractivity contribution in [1.82, 2.24) is 10.6 Å². The molecule has 0 unspecified atom stereocenters. The molecule has 0 aromatic heterocycles. The highest BCUT2D eigenvalue weighted by atomic mass is 32.1. The van der Waals surface area contributed by atoms with E-state index in [1.807, 2.05) is 6.92 Å². The lowest BCUT2D eigenvalue weighted by molar-refractivity contribution is -0.906. The Balaban J connectivity index is 1.67. The maximum absolute atomic E-state index is 12.9. The summed E-state index contributed by atoms with van der Waals surface area (Å²) in [4.78, 5) is 1.54. The highest BCUT2D eigenvalue weighted by molar-refractivity contribution is 7.80. The fraction of sp³-hybridized carbons (Fsp3) is 0.533. The lowest BCUT2D eigenvalue weighted by atomic mass is 10.1. The van der Waals surface area contributed by atoms with Crippen LogP contribution in [0.2, 0.25) is 0 Å². The molecule has 0 spiro atoms. The summed E-state index contributed by atoms with van der Waals surface area (Å²) in [6, 6.07) is 6.53. The van der Waals surface area contributed by atoms with E-state index in [1.165, 1.54) is 12.1 Å². The molecule has 0 bridgehead atoms. The summed E-state index contributed by atoms with van der Waals surface area (Å²) in [6.07, 6.45) is 0. The van der Waals surface area contributed by atoms with Crippen LogP contribution in [0.1, 0.15) is 18.5 Å². The molecule has 116 valence electrons. The summed E-state index contributed by atoms with van der Waals surface area (Å²) in [5.74, 6) is -0.222. The predicted octanol–water partition coefficient (Wildman–Crippen LogP) is 0.266. The van der Waals surface area contributed by atoms with E-state index in [0.717, 1.165) is 45.0 Å². The molecule has 1 aliphatic rings. The van der Waals surface area contributed by atoms with E-state index in [9.17, 15) is 4.39 Å². The van der Waals surface area contributed by atoms with Gasteiger partial charge in [0.15, 0.2) is 5.11 Å². The Morgan fingerprint density at radius 1 is 1.33 bits per heavy atom. The number of thiocarbonyl (C=S) groups is 1. The first kappa shape index (κ1) is 16.1. The average molecular weight is 312 g/mol. The van der Waals surface area contributed by atoms with E-state index in [4.69, 9.17) is 17.0 Å². The van der Waals surface area contributed by atoms with Crippen molar-refractivity contribution in [2.45, 2.75) is 13.0 Å². The number of quaternary nitrogens is 1. The first-order valence-corrected chi connectivity index (χ1v) is 7.77. The molecule has 1 atom stereocenters. The third-order valence-corrected chi connectivity index (χ3v) is 3.94. The van der Waals surface area contributed by atoms with E-state index in [1.54, 1.807) is 17.0 Å². The van der Waals surface area contributed by atoms with Gasteiger partial charge < -0.3 is 20.3 Å². The normalized spacial score (nSPS) is 17.2. The molecule has 21 heavy (non-hydrogen) atoms. The number of hydrogen-bond donors (Lipinski definition) is 3. The maximum Gasteiger partial charge on any atom is 0.166 e. The number of rotatable bonds is 5. The molecule has 3 N–H and O–H groups in total. The third-order valence-electron chi connectivity index (χ3n) is 3.68. The van der Waals surface area contributed by atoms with Crippen molar-refractivity contribution in [2.24, 2.45) is 0 Å². The molecule has 1 fully saturated rings. The Kier molecular flexibility index (Phi) is 6.35. The summed E-state index contributed by atoms with van der Waals surface area (Å²) in [5.41, 5.74) is 1.01. The Bertz CT molecular complexity index is 449. The van der Waals surface area contributed by atoms with Gasteiger partial charge in [-0.2, -0.15) is 0 Å². The molecule has 1 aromatic carbocycles. The van der Waals surface area contributed by atoms with Crippen LogP contribution in [0.4, 0.5) is 4.39 Å². The van der Waals surface area contributed by atoms with Crippen LogP contribution in [-0.4, -0.2) is 44.5 Å². The van der Waals surface area contributed by atoms with Crippen molar-refractivity contribution in [3.63, 3.8) is 0 Å². The summed E-state index contributed by atoms with van der Waals surface area (Å²) >= 11 is 5.29. The summed E-state index contributed by atoms with van der Waals surface area (Å²) in [6.45, 7) is 7.71. The number of hydrogen-bond acceptors (Lipinski definition) is 2. The van der Waals surface area contributed by atoms with Crippen LogP contribution in [0.3, 0.4) is 0 Å². The second-order valence-corrected chi connectivity index (χ2v) is 5.69. The summed E-state index contributed by atoms with van der Waals surface area (Å²) < 4.78 is 18.2. The molecule has 4 nitrogen and oxygen atoms in total. The molecule has 0 aliphatic carbocycles. The zero-order valence-electron chi connectivity index (χ0n) is 12.3. The standard InChI is InChI=1S/C15H22FN3OS/c1-12(13-2-4-14(16)5-3-13)18-15(21)17-6-7-19-8-10-20-11-9-19/h2-5,12H,6-11H2,1H3,(H2,17,18,21)/p+1/t12-/m0/s1. The maximum atomic E-state index is 12.9. The number of nitrogens with one attached hydrogen (secondary N) is 3. The van der Waals surface area contributed by atoms with Crippen molar-refractivity contribution in [1.29, 1.82) is 0 Å². The van der Waals surface area contributed by atoms with Crippen LogP contribution in [0, 0.1) is 5.82 Å². The molecular weight excluding hydrogens is 289 g/mol. The molecule has 1 aliphatic heterocycles. The van der Waals surface area contributed by atoms with Crippen molar-refractivity contribution >= 4 is 17.3 Å². The quantitative estimate of drug-likeness (QED) is 0.682. The molecule has 1 heterocycles. The van der Waals surface area contributed by atoms with Gasteiger partial charge in [0.05, 0.1) is 32.3 Å². The smallest absolute Gasteiger partial charge is 0.166 e. The first-order valence-electron chi connectivity index (χ1n) is 7.36.